The Morgan fingerprint density at radius 1 is 1.47 bits per heavy atom. The van der Waals surface area contributed by atoms with Gasteiger partial charge in [0.25, 0.3) is 0 Å². The van der Waals surface area contributed by atoms with Crippen molar-refractivity contribution in [3.05, 3.63) is 28.5 Å². The molecule has 0 atom stereocenters. The summed E-state index contributed by atoms with van der Waals surface area (Å²) in [4.78, 5) is 22.4. The largest absolute Gasteiger partial charge is 0.466 e. The van der Waals surface area contributed by atoms with Crippen molar-refractivity contribution in [2.24, 2.45) is 0 Å². The molecule has 0 aliphatic carbocycles. The molecule has 0 spiro atoms. The van der Waals surface area contributed by atoms with Crippen LogP contribution in [0.1, 0.15) is 13.3 Å². The zero-order valence-corrected chi connectivity index (χ0v) is 10.7. The summed E-state index contributed by atoms with van der Waals surface area (Å²) in [5, 5.41) is 2.30. The Morgan fingerprint density at radius 3 is 2.82 bits per heavy atom. The highest BCUT2D eigenvalue weighted by molar-refractivity contribution is 9.10. The van der Waals surface area contributed by atoms with Crippen LogP contribution in [0.4, 0.5) is 10.1 Å². The van der Waals surface area contributed by atoms with E-state index in [0.29, 0.717) is 4.47 Å². The third-order valence-corrected chi connectivity index (χ3v) is 2.31. The van der Waals surface area contributed by atoms with Crippen LogP contribution in [0.2, 0.25) is 0 Å². The van der Waals surface area contributed by atoms with Crippen LogP contribution in [0.3, 0.4) is 0 Å². The molecular weight excluding hydrogens is 293 g/mol. The molecule has 1 amide bonds. The number of carbonyl (C=O) groups is 2. The first-order chi connectivity index (χ1) is 8.02. The van der Waals surface area contributed by atoms with Crippen LogP contribution in [0.15, 0.2) is 22.7 Å². The summed E-state index contributed by atoms with van der Waals surface area (Å²) in [6.45, 7) is 1.85. The molecule has 1 aromatic rings. The number of amides is 1. The summed E-state index contributed by atoms with van der Waals surface area (Å²) in [6, 6.07) is 4.14. The van der Waals surface area contributed by atoms with Gasteiger partial charge in [-0.1, -0.05) is 15.9 Å². The Hall–Kier alpha value is -1.43. The van der Waals surface area contributed by atoms with E-state index < -0.39 is 24.1 Å². The molecule has 92 valence electrons. The van der Waals surface area contributed by atoms with Crippen molar-refractivity contribution < 1.29 is 18.7 Å². The van der Waals surface area contributed by atoms with Crippen LogP contribution >= 0.6 is 15.9 Å². The number of esters is 1. The van der Waals surface area contributed by atoms with Crippen molar-refractivity contribution >= 4 is 33.5 Å². The first kappa shape index (κ1) is 13.6. The summed E-state index contributed by atoms with van der Waals surface area (Å²) in [6.07, 6.45) is -0.431. The Morgan fingerprint density at radius 2 is 2.18 bits per heavy atom. The summed E-state index contributed by atoms with van der Waals surface area (Å²) < 4.78 is 18.5. The van der Waals surface area contributed by atoms with E-state index in [9.17, 15) is 14.0 Å². The van der Waals surface area contributed by atoms with E-state index in [2.05, 4.69) is 26.0 Å². The maximum Gasteiger partial charge on any atom is 0.315 e. The van der Waals surface area contributed by atoms with Crippen LogP contribution < -0.4 is 5.32 Å². The average molecular weight is 304 g/mol. The van der Waals surface area contributed by atoms with Gasteiger partial charge in [0.1, 0.15) is 12.2 Å². The molecule has 1 rings (SSSR count). The molecule has 0 unspecified atom stereocenters. The van der Waals surface area contributed by atoms with E-state index in [1.165, 1.54) is 18.2 Å². The molecule has 6 heteroatoms. The van der Waals surface area contributed by atoms with Gasteiger partial charge in [0.05, 0.1) is 12.3 Å². The SMILES string of the molecule is CCOC(=O)CC(=O)Nc1cc(Br)ccc1F. The fraction of sp³-hybridized carbons (Fsp3) is 0.273. The van der Waals surface area contributed by atoms with E-state index in [0.717, 1.165) is 0 Å². The van der Waals surface area contributed by atoms with Gasteiger partial charge in [-0.15, -0.1) is 0 Å². The van der Waals surface area contributed by atoms with Crippen molar-refractivity contribution in [2.45, 2.75) is 13.3 Å². The van der Waals surface area contributed by atoms with Crippen molar-refractivity contribution in [2.75, 3.05) is 11.9 Å². The van der Waals surface area contributed by atoms with Gasteiger partial charge < -0.3 is 10.1 Å². The maximum atomic E-state index is 13.3. The first-order valence-electron chi connectivity index (χ1n) is 4.93. The molecule has 0 radical (unpaired) electrons. The van der Waals surface area contributed by atoms with Crippen molar-refractivity contribution in [1.82, 2.24) is 0 Å². The number of hydrogen-bond donors (Lipinski definition) is 1. The summed E-state index contributed by atoms with van der Waals surface area (Å²) in [5.41, 5.74) is 0.0219. The zero-order chi connectivity index (χ0) is 12.8. The molecule has 0 bridgehead atoms. The number of rotatable bonds is 4. The summed E-state index contributed by atoms with van der Waals surface area (Å²) in [7, 11) is 0. The highest BCUT2D eigenvalue weighted by atomic mass is 79.9. The van der Waals surface area contributed by atoms with Crippen molar-refractivity contribution in [3.8, 4) is 0 Å². The number of hydrogen-bond acceptors (Lipinski definition) is 3. The Balaban J connectivity index is 2.62. The van der Waals surface area contributed by atoms with Gasteiger partial charge >= 0.3 is 5.97 Å². The van der Waals surface area contributed by atoms with Gasteiger partial charge in [0.15, 0.2) is 0 Å². The fourth-order valence-electron chi connectivity index (χ4n) is 1.13. The number of nitrogens with one attached hydrogen (secondary N) is 1. The minimum atomic E-state index is -0.639. The third kappa shape index (κ3) is 4.52. The van der Waals surface area contributed by atoms with E-state index >= 15 is 0 Å². The molecule has 0 aliphatic rings. The summed E-state index contributed by atoms with van der Waals surface area (Å²) >= 11 is 3.15. The van der Waals surface area contributed by atoms with Gasteiger partial charge in [0.2, 0.25) is 5.91 Å². The smallest absolute Gasteiger partial charge is 0.315 e. The fourth-order valence-corrected chi connectivity index (χ4v) is 1.49. The lowest BCUT2D eigenvalue weighted by Crippen LogP contribution is -2.18. The molecular formula is C11H11BrFNO3. The molecule has 1 N–H and O–H groups in total. The quantitative estimate of drug-likeness (QED) is 0.687. The topological polar surface area (TPSA) is 55.4 Å². The average Bonchev–Trinajstić information content (AvgIpc) is 2.23. The second-order valence-electron chi connectivity index (χ2n) is 3.15. The van der Waals surface area contributed by atoms with E-state index in [1.807, 2.05) is 0 Å². The highest BCUT2D eigenvalue weighted by Crippen LogP contribution is 2.20. The lowest BCUT2D eigenvalue weighted by Gasteiger charge is -2.06. The molecule has 0 aliphatic heterocycles. The molecule has 0 saturated heterocycles. The molecule has 4 nitrogen and oxygen atoms in total. The van der Waals surface area contributed by atoms with Gasteiger partial charge in [-0.25, -0.2) is 4.39 Å². The molecule has 0 fully saturated rings. The normalized spacial score (nSPS) is 9.82. The second kappa shape index (κ2) is 6.34. The molecule has 0 saturated carbocycles. The standard InChI is InChI=1S/C11H11BrFNO3/c1-2-17-11(16)6-10(15)14-9-5-7(12)3-4-8(9)13/h3-5H,2,6H2,1H3,(H,14,15). The van der Waals surface area contributed by atoms with Gasteiger partial charge in [0, 0.05) is 4.47 Å². The van der Waals surface area contributed by atoms with E-state index in [-0.39, 0.29) is 12.3 Å². The van der Waals surface area contributed by atoms with Crippen LogP contribution in [0, 0.1) is 5.82 Å². The van der Waals surface area contributed by atoms with Crippen molar-refractivity contribution in [3.63, 3.8) is 0 Å². The third-order valence-electron chi connectivity index (χ3n) is 1.81. The lowest BCUT2D eigenvalue weighted by atomic mass is 10.3. The second-order valence-corrected chi connectivity index (χ2v) is 4.07. The molecule has 1 aromatic carbocycles. The zero-order valence-electron chi connectivity index (χ0n) is 9.13. The van der Waals surface area contributed by atoms with Crippen molar-refractivity contribution in [1.29, 1.82) is 0 Å². The van der Waals surface area contributed by atoms with Gasteiger partial charge in [-0.2, -0.15) is 0 Å². The first-order valence-corrected chi connectivity index (χ1v) is 5.72. The van der Waals surface area contributed by atoms with Crippen LogP contribution in [-0.2, 0) is 14.3 Å². The molecule has 0 heterocycles. The Bertz CT molecular complexity index is 437. The van der Waals surface area contributed by atoms with E-state index in [1.54, 1.807) is 6.92 Å². The number of carbonyl (C=O) groups excluding carboxylic acids is 2. The minimum Gasteiger partial charge on any atom is -0.466 e. The Kier molecular flexibility index (Phi) is 5.09. The molecule has 0 aromatic heterocycles. The van der Waals surface area contributed by atoms with Crippen LogP contribution in [-0.4, -0.2) is 18.5 Å². The van der Waals surface area contributed by atoms with Crippen LogP contribution in [0.25, 0.3) is 0 Å². The highest BCUT2D eigenvalue weighted by Gasteiger charge is 2.12. The van der Waals surface area contributed by atoms with Gasteiger partial charge in [-0.05, 0) is 25.1 Å². The minimum absolute atomic E-state index is 0.0219. The predicted octanol–water partition coefficient (Wildman–Crippen LogP) is 2.48. The molecule has 17 heavy (non-hydrogen) atoms. The number of anilines is 1. The van der Waals surface area contributed by atoms with Crippen LogP contribution in [0.5, 0.6) is 0 Å². The Labute approximate surface area is 106 Å². The monoisotopic (exact) mass is 303 g/mol. The van der Waals surface area contributed by atoms with E-state index in [4.69, 9.17) is 0 Å². The number of benzene rings is 1. The number of ether oxygens (including phenoxy) is 1. The van der Waals surface area contributed by atoms with Gasteiger partial charge in [-0.3, -0.25) is 9.59 Å². The number of halogens is 2. The lowest BCUT2D eigenvalue weighted by molar-refractivity contribution is -0.145. The maximum absolute atomic E-state index is 13.3. The summed E-state index contributed by atoms with van der Waals surface area (Å²) in [5.74, 6) is -1.81. The predicted molar refractivity (Wildman–Crippen MR) is 64.0 cm³/mol.